The summed E-state index contributed by atoms with van der Waals surface area (Å²) in [5.41, 5.74) is 3.03. The summed E-state index contributed by atoms with van der Waals surface area (Å²) in [6, 6.07) is 11.9. The number of hydrogen-bond acceptors (Lipinski definition) is 2. The Hall–Kier alpha value is -2.16. The molecule has 1 N–H and O–H groups in total. The molecule has 3 heteroatoms. The standard InChI is InChI=1S/C17H20N2O/c1-3-5-14-7-9-15(10-8-14)13(2)19-17(20)16-6-4-11-18-12-16/h4,6-13H,3,5H2,1-2H3,(H,19,20). The van der Waals surface area contributed by atoms with E-state index < -0.39 is 0 Å². The second-order valence-electron chi connectivity index (χ2n) is 4.93. The lowest BCUT2D eigenvalue weighted by Crippen LogP contribution is -2.26. The van der Waals surface area contributed by atoms with E-state index in [4.69, 9.17) is 0 Å². The van der Waals surface area contributed by atoms with Crippen LogP contribution in [0.4, 0.5) is 0 Å². The third kappa shape index (κ3) is 3.67. The molecule has 0 fully saturated rings. The summed E-state index contributed by atoms with van der Waals surface area (Å²) in [5, 5.41) is 2.98. The van der Waals surface area contributed by atoms with Crippen molar-refractivity contribution < 1.29 is 4.79 Å². The minimum Gasteiger partial charge on any atom is -0.345 e. The smallest absolute Gasteiger partial charge is 0.253 e. The maximum Gasteiger partial charge on any atom is 0.253 e. The summed E-state index contributed by atoms with van der Waals surface area (Å²) >= 11 is 0. The first-order valence-electron chi connectivity index (χ1n) is 7.00. The van der Waals surface area contributed by atoms with Crippen LogP contribution in [-0.2, 0) is 6.42 Å². The Morgan fingerprint density at radius 2 is 2.00 bits per heavy atom. The van der Waals surface area contributed by atoms with Crippen LogP contribution in [0.5, 0.6) is 0 Å². The third-order valence-corrected chi connectivity index (χ3v) is 3.29. The maximum absolute atomic E-state index is 12.0. The van der Waals surface area contributed by atoms with Crippen molar-refractivity contribution in [3.63, 3.8) is 0 Å². The van der Waals surface area contributed by atoms with E-state index in [2.05, 4.69) is 41.5 Å². The van der Waals surface area contributed by atoms with Crippen molar-refractivity contribution in [3.05, 3.63) is 65.5 Å². The highest BCUT2D eigenvalue weighted by molar-refractivity contribution is 5.94. The van der Waals surface area contributed by atoms with Gasteiger partial charge in [0.25, 0.3) is 5.91 Å². The Bertz CT molecular complexity index is 549. The second kappa shape index (κ2) is 6.85. The second-order valence-corrected chi connectivity index (χ2v) is 4.93. The molecule has 0 aliphatic rings. The predicted molar refractivity (Wildman–Crippen MR) is 80.6 cm³/mol. The summed E-state index contributed by atoms with van der Waals surface area (Å²) in [6.45, 7) is 4.16. The van der Waals surface area contributed by atoms with Crippen LogP contribution in [0.2, 0.25) is 0 Å². The van der Waals surface area contributed by atoms with Crippen LogP contribution < -0.4 is 5.32 Å². The molecule has 0 aliphatic heterocycles. The zero-order valence-electron chi connectivity index (χ0n) is 12.0. The highest BCUT2D eigenvalue weighted by Crippen LogP contribution is 2.15. The molecule has 1 atom stereocenters. The molecule has 20 heavy (non-hydrogen) atoms. The zero-order valence-corrected chi connectivity index (χ0v) is 12.0. The first kappa shape index (κ1) is 14.3. The molecule has 1 aromatic carbocycles. The number of amides is 1. The van der Waals surface area contributed by atoms with Gasteiger partial charge in [0.15, 0.2) is 0 Å². The molecule has 0 saturated carbocycles. The molecule has 2 aromatic rings. The molecule has 1 heterocycles. The van der Waals surface area contributed by atoms with Crippen LogP contribution in [0.3, 0.4) is 0 Å². The number of carbonyl (C=O) groups excluding carboxylic acids is 1. The monoisotopic (exact) mass is 268 g/mol. The zero-order chi connectivity index (χ0) is 14.4. The van der Waals surface area contributed by atoms with Gasteiger partial charge in [0, 0.05) is 12.4 Å². The van der Waals surface area contributed by atoms with E-state index in [1.54, 1.807) is 24.5 Å². The molecule has 1 amide bonds. The Morgan fingerprint density at radius 3 is 2.60 bits per heavy atom. The van der Waals surface area contributed by atoms with Crippen molar-refractivity contribution in [2.75, 3.05) is 0 Å². The number of aryl methyl sites for hydroxylation is 1. The van der Waals surface area contributed by atoms with E-state index >= 15 is 0 Å². The van der Waals surface area contributed by atoms with Gasteiger partial charge in [-0.3, -0.25) is 9.78 Å². The number of nitrogens with one attached hydrogen (secondary N) is 1. The number of benzene rings is 1. The van der Waals surface area contributed by atoms with E-state index in [9.17, 15) is 4.79 Å². The fraction of sp³-hybridized carbons (Fsp3) is 0.294. The molecule has 0 spiro atoms. The SMILES string of the molecule is CCCc1ccc(C(C)NC(=O)c2cccnc2)cc1. The van der Waals surface area contributed by atoms with Gasteiger partial charge in [0.1, 0.15) is 0 Å². The van der Waals surface area contributed by atoms with E-state index in [0.29, 0.717) is 5.56 Å². The minimum absolute atomic E-state index is 0.0154. The molecule has 1 aromatic heterocycles. The van der Waals surface area contributed by atoms with Crippen molar-refractivity contribution in [3.8, 4) is 0 Å². The normalized spacial score (nSPS) is 11.9. The molecule has 2 rings (SSSR count). The molecule has 3 nitrogen and oxygen atoms in total. The number of pyridine rings is 1. The highest BCUT2D eigenvalue weighted by atomic mass is 16.1. The van der Waals surface area contributed by atoms with Gasteiger partial charge in [-0.15, -0.1) is 0 Å². The summed E-state index contributed by atoms with van der Waals surface area (Å²) in [4.78, 5) is 16.0. The largest absolute Gasteiger partial charge is 0.345 e. The van der Waals surface area contributed by atoms with Crippen molar-refractivity contribution >= 4 is 5.91 Å². The molecule has 0 aliphatic carbocycles. The summed E-state index contributed by atoms with van der Waals surface area (Å²) in [5.74, 6) is -0.0942. The van der Waals surface area contributed by atoms with Gasteiger partial charge in [-0.25, -0.2) is 0 Å². The molecular formula is C17H20N2O. The Kier molecular flexibility index (Phi) is 4.88. The molecule has 0 radical (unpaired) electrons. The first-order valence-corrected chi connectivity index (χ1v) is 7.00. The number of aromatic nitrogens is 1. The fourth-order valence-electron chi connectivity index (χ4n) is 2.12. The lowest BCUT2D eigenvalue weighted by molar-refractivity contribution is 0.0939. The molecule has 0 bridgehead atoms. The van der Waals surface area contributed by atoms with Crippen molar-refractivity contribution in [1.82, 2.24) is 10.3 Å². The number of hydrogen-bond donors (Lipinski definition) is 1. The average molecular weight is 268 g/mol. The van der Waals surface area contributed by atoms with Crippen molar-refractivity contribution in [1.29, 1.82) is 0 Å². The minimum atomic E-state index is -0.0942. The quantitative estimate of drug-likeness (QED) is 0.901. The van der Waals surface area contributed by atoms with E-state index in [1.165, 1.54) is 5.56 Å². The van der Waals surface area contributed by atoms with Gasteiger partial charge < -0.3 is 5.32 Å². The van der Waals surface area contributed by atoms with Crippen LogP contribution in [0, 0.1) is 0 Å². The van der Waals surface area contributed by atoms with E-state index in [1.807, 2.05) is 6.92 Å². The van der Waals surface area contributed by atoms with Crippen LogP contribution in [0.25, 0.3) is 0 Å². The van der Waals surface area contributed by atoms with Crippen LogP contribution in [-0.4, -0.2) is 10.9 Å². The van der Waals surface area contributed by atoms with E-state index in [-0.39, 0.29) is 11.9 Å². The maximum atomic E-state index is 12.0. The predicted octanol–water partition coefficient (Wildman–Crippen LogP) is 3.53. The van der Waals surface area contributed by atoms with Gasteiger partial charge in [0.05, 0.1) is 11.6 Å². The average Bonchev–Trinajstić information content (AvgIpc) is 2.49. The van der Waals surface area contributed by atoms with Gasteiger partial charge >= 0.3 is 0 Å². The summed E-state index contributed by atoms with van der Waals surface area (Å²) in [6.07, 6.45) is 5.47. The number of nitrogens with zero attached hydrogens (tertiary/aromatic N) is 1. The van der Waals surface area contributed by atoms with Crippen molar-refractivity contribution in [2.45, 2.75) is 32.7 Å². The summed E-state index contributed by atoms with van der Waals surface area (Å²) < 4.78 is 0. The topological polar surface area (TPSA) is 42.0 Å². The summed E-state index contributed by atoms with van der Waals surface area (Å²) in [7, 11) is 0. The van der Waals surface area contributed by atoms with Gasteiger partial charge in [-0.1, -0.05) is 37.6 Å². The first-order chi connectivity index (χ1) is 9.70. The molecule has 1 unspecified atom stereocenters. The van der Waals surface area contributed by atoms with E-state index in [0.717, 1.165) is 18.4 Å². The van der Waals surface area contributed by atoms with Gasteiger partial charge in [0.2, 0.25) is 0 Å². The molecule has 104 valence electrons. The number of rotatable bonds is 5. The fourth-order valence-corrected chi connectivity index (χ4v) is 2.12. The van der Waals surface area contributed by atoms with Gasteiger partial charge in [-0.2, -0.15) is 0 Å². The Balaban J connectivity index is 2.01. The molecule has 0 saturated heterocycles. The lowest BCUT2D eigenvalue weighted by Gasteiger charge is -2.14. The lowest BCUT2D eigenvalue weighted by atomic mass is 10.0. The number of carbonyl (C=O) groups is 1. The van der Waals surface area contributed by atoms with Gasteiger partial charge in [-0.05, 0) is 36.6 Å². The molecular weight excluding hydrogens is 248 g/mol. The Labute approximate surface area is 120 Å². The Morgan fingerprint density at radius 1 is 1.25 bits per heavy atom. The van der Waals surface area contributed by atoms with Crippen LogP contribution >= 0.6 is 0 Å². The third-order valence-electron chi connectivity index (χ3n) is 3.29. The highest BCUT2D eigenvalue weighted by Gasteiger charge is 2.11. The van der Waals surface area contributed by atoms with Crippen LogP contribution in [0.15, 0.2) is 48.8 Å². The van der Waals surface area contributed by atoms with Crippen molar-refractivity contribution in [2.24, 2.45) is 0 Å². The van der Waals surface area contributed by atoms with Crippen LogP contribution in [0.1, 0.15) is 47.8 Å².